The maximum atomic E-state index is 13.0. The Hall–Kier alpha value is -3.68. The molecule has 0 spiro atoms. The lowest BCUT2D eigenvalue weighted by molar-refractivity contribution is -0.144. The van der Waals surface area contributed by atoms with Gasteiger partial charge in [-0.3, -0.25) is 24.0 Å². The van der Waals surface area contributed by atoms with Crippen LogP contribution in [0.3, 0.4) is 0 Å². The number of esters is 3. The van der Waals surface area contributed by atoms with Crippen molar-refractivity contribution in [3.05, 3.63) is 61.3 Å². The van der Waals surface area contributed by atoms with Crippen molar-refractivity contribution < 1.29 is 43.3 Å². The van der Waals surface area contributed by atoms with Crippen molar-refractivity contribution in [1.82, 2.24) is 10.6 Å². The predicted molar refractivity (Wildman–Crippen MR) is 184 cm³/mol. The second-order valence-electron chi connectivity index (χ2n) is 10.3. The predicted octanol–water partition coefficient (Wildman–Crippen LogP) is 3.21. The number of amides is 2. The number of carbonyl (C=O) groups is 5. The van der Waals surface area contributed by atoms with Gasteiger partial charge in [-0.15, -0.1) is 18.3 Å². The van der Waals surface area contributed by atoms with Gasteiger partial charge in [-0.2, -0.15) is 0 Å². The number of aliphatic hydroxyl groups is 1. The molecule has 12 nitrogen and oxygen atoms in total. The monoisotopic (exact) mass is 679 g/mol. The Morgan fingerprint density at radius 2 is 1.66 bits per heavy atom. The largest absolute Gasteiger partial charge is 0.468 e. The number of hydrogen-bond acceptors (Lipinski definition) is 11. The van der Waals surface area contributed by atoms with Gasteiger partial charge in [-0.25, -0.2) is 0 Å². The summed E-state index contributed by atoms with van der Waals surface area (Å²) in [6, 6.07) is -2.09. The number of nitrogens with one attached hydrogen (secondary N) is 2. The number of allylic oxidation sites excluding steroid dienone is 8. The Kier molecular flexibility index (Phi) is 26.3. The number of hydrogen-bond donors (Lipinski definition) is 4. The molecule has 0 radical (unpaired) electrons. The molecule has 4 atom stereocenters. The first kappa shape index (κ1) is 43.3. The highest BCUT2D eigenvalue weighted by Crippen LogP contribution is 2.22. The van der Waals surface area contributed by atoms with E-state index in [0.29, 0.717) is 12.8 Å². The molecular formula is C34H53N3O9S. The number of ether oxygens (including phenoxy) is 3. The minimum absolute atomic E-state index is 0.000503. The van der Waals surface area contributed by atoms with E-state index in [-0.39, 0.29) is 37.6 Å². The summed E-state index contributed by atoms with van der Waals surface area (Å²) >= 11 is 1.22. The molecule has 0 aliphatic heterocycles. The van der Waals surface area contributed by atoms with Crippen molar-refractivity contribution in [3.63, 3.8) is 0 Å². The maximum Gasteiger partial charge on any atom is 0.325 e. The topological polar surface area (TPSA) is 183 Å². The van der Waals surface area contributed by atoms with Gasteiger partial charge in [-0.1, -0.05) is 54.7 Å². The molecule has 0 fully saturated rings. The first-order chi connectivity index (χ1) is 22.6. The van der Waals surface area contributed by atoms with Crippen LogP contribution < -0.4 is 16.4 Å². The molecular weight excluding hydrogens is 626 g/mol. The molecule has 0 aromatic carbocycles. The van der Waals surface area contributed by atoms with E-state index >= 15 is 0 Å². The summed E-state index contributed by atoms with van der Waals surface area (Å²) < 4.78 is 14.1. The Bertz CT molecular complexity index is 1080. The molecule has 0 aliphatic rings. The minimum atomic E-state index is -1.09. The van der Waals surface area contributed by atoms with Crippen LogP contribution in [0.1, 0.15) is 64.7 Å². The molecule has 47 heavy (non-hydrogen) atoms. The maximum absolute atomic E-state index is 13.0. The van der Waals surface area contributed by atoms with Crippen LogP contribution in [-0.4, -0.2) is 91.4 Å². The van der Waals surface area contributed by atoms with Gasteiger partial charge in [0, 0.05) is 23.8 Å². The summed E-state index contributed by atoms with van der Waals surface area (Å²) in [5.41, 5.74) is 5.72. The molecule has 13 heteroatoms. The number of aliphatic hydroxyl groups excluding tert-OH is 1. The quantitative estimate of drug-likeness (QED) is 0.0346. The average molecular weight is 680 g/mol. The molecule has 0 aliphatic carbocycles. The van der Waals surface area contributed by atoms with Crippen LogP contribution in [0.5, 0.6) is 0 Å². The number of rotatable bonds is 26. The van der Waals surface area contributed by atoms with Crippen LogP contribution in [0.15, 0.2) is 61.3 Å². The normalized spacial score (nSPS) is 14.1. The van der Waals surface area contributed by atoms with Gasteiger partial charge < -0.3 is 35.7 Å². The van der Waals surface area contributed by atoms with Crippen LogP contribution in [0.4, 0.5) is 0 Å². The summed E-state index contributed by atoms with van der Waals surface area (Å²) in [6.07, 6.45) is 21.0. The molecule has 2 amide bonds. The molecule has 0 saturated carbocycles. The average Bonchev–Trinajstić information content (AvgIpc) is 3.06. The van der Waals surface area contributed by atoms with Crippen molar-refractivity contribution in [2.24, 2.45) is 5.73 Å². The van der Waals surface area contributed by atoms with Crippen LogP contribution in [0.25, 0.3) is 0 Å². The van der Waals surface area contributed by atoms with Crippen LogP contribution in [-0.2, 0) is 38.2 Å². The first-order valence-electron chi connectivity index (χ1n) is 15.8. The standard InChI is InChI=1S/C34H53N3O9S/c1-5-7-8-9-10-11-12-13-14-15-16-17-20-29(28(38)19-18-21-31(40)46-6-2)47-25-27(33(42)36-24-32(41)44-3)37-30(39)23-22-26(35)34(43)45-4/h5,10-11,13-17,20,26-29,38H,1,6-9,12,18-19,21-25,35H2,2-4H3,(H,36,42)(H,37,39)/b11-10+,14-13+,16-15+,20-17+. The Morgan fingerprint density at radius 1 is 0.915 bits per heavy atom. The lowest BCUT2D eigenvalue weighted by atomic mass is 10.1. The fourth-order valence-electron chi connectivity index (χ4n) is 3.85. The van der Waals surface area contributed by atoms with Crippen molar-refractivity contribution >= 4 is 41.5 Å². The fourth-order valence-corrected chi connectivity index (χ4v) is 5.06. The fraction of sp³-hybridized carbons (Fsp3) is 0.559. The van der Waals surface area contributed by atoms with E-state index < -0.39 is 53.7 Å². The lowest BCUT2D eigenvalue weighted by Gasteiger charge is -2.23. The molecule has 0 rings (SSSR count). The zero-order chi connectivity index (χ0) is 35.3. The summed E-state index contributed by atoms with van der Waals surface area (Å²) in [6.45, 7) is 5.31. The van der Waals surface area contributed by atoms with E-state index in [1.54, 1.807) is 19.1 Å². The highest BCUT2D eigenvalue weighted by molar-refractivity contribution is 8.00. The van der Waals surface area contributed by atoms with Crippen molar-refractivity contribution in [2.75, 3.05) is 33.1 Å². The highest BCUT2D eigenvalue weighted by Gasteiger charge is 2.26. The molecule has 5 N–H and O–H groups in total. The summed E-state index contributed by atoms with van der Waals surface area (Å²) in [5, 5.41) is 15.6. The first-order valence-corrected chi connectivity index (χ1v) is 16.8. The molecule has 0 aromatic heterocycles. The number of carbonyl (C=O) groups excluding carboxylic acids is 5. The van der Waals surface area contributed by atoms with E-state index in [0.717, 1.165) is 25.7 Å². The molecule has 0 saturated heterocycles. The Morgan fingerprint density at radius 3 is 2.34 bits per heavy atom. The number of thioether (sulfide) groups is 1. The zero-order valence-electron chi connectivity index (χ0n) is 27.9. The molecule has 0 aromatic rings. The van der Waals surface area contributed by atoms with Gasteiger partial charge in [0.05, 0.1) is 26.9 Å². The van der Waals surface area contributed by atoms with E-state index in [1.165, 1.54) is 26.0 Å². The van der Waals surface area contributed by atoms with Gasteiger partial charge in [-0.05, 0) is 51.9 Å². The third-order valence-electron chi connectivity index (χ3n) is 6.48. The van der Waals surface area contributed by atoms with Crippen molar-refractivity contribution in [3.8, 4) is 0 Å². The molecule has 4 unspecified atom stereocenters. The van der Waals surface area contributed by atoms with E-state index in [2.05, 4.69) is 38.8 Å². The van der Waals surface area contributed by atoms with Crippen LogP contribution >= 0.6 is 11.8 Å². The van der Waals surface area contributed by atoms with Gasteiger partial charge in [0.1, 0.15) is 18.6 Å². The molecule has 0 bridgehead atoms. The highest BCUT2D eigenvalue weighted by atomic mass is 32.2. The van der Waals surface area contributed by atoms with Crippen molar-refractivity contribution in [1.29, 1.82) is 0 Å². The number of nitrogens with two attached hydrogens (primary N) is 1. The minimum Gasteiger partial charge on any atom is -0.468 e. The van der Waals surface area contributed by atoms with Crippen LogP contribution in [0.2, 0.25) is 0 Å². The second-order valence-corrected chi connectivity index (χ2v) is 11.5. The van der Waals surface area contributed by atoms with Crippen LogP contribution in [0, 0.1) is 0 Å². The third kappa shape index (κ3) is 23.3. The van der Waals surface area contributed by atoms with Gasteiger partial charge in [0.15, 0.2) is 0 Å². The van der Waals surface area contributed by atoms with Gasteiger partial charge >= 0.3 is 17.9 Å². The van der Waals surface area contributed by atoms with E-state index in [9.17, 15) is 29.1 Å². The van der Waals surface area contributed by atoms with E-state index in [4.69, 9.17) is 10.5 Å². The lowest BCUT2D eigenvalue weighted by Crippen LogP contribution is -2.50. The SMILES string of the molecule is C=CCCC/C=C/C/C=C/C=C/C=C/C(SCC(NC(=O)CCC(N)C(=O)OC)C(=O)NCC(=O)OC)C(O)CCCC(=O)OCC. The Balaban J connectivity index is 5.56. The summed E-state index contributed by atoms with van der Waals surface area (Å²) in [4.78, 5) is 60.6. The smallest absolute Gasteiger partial charge is 0.325 e. The molecule has 264 valence electrons. The van der Waals surface area contributed by atoms with Gasteiger partial charge in [0.2, 0.25) is 11.8 Å². The third-order valence-corrected chi connectivity index (χ3v) is 7.86. The van der Waals surface area contributed by atoms with E-state index in [1.807, 2.05) is 30.4 Å². The number of unbranched alkanes of at least 4 members (excludes halogenated alkanes) is 2. The zero-order valence-corrected chi connectivity index (χ0v) is 28.7. The molecule has 0 heterocycles. The second kappa shape index (κ2) is 28.5. The summed E-state index contributed by atoms with van der Waals surface area (Å²) in [7, 11) is 2.37. The summed E-state index contributed by atoms with van der Waals surface area (Å²) in [5.74, 6) is -2.81. The Labute approximate surface area is 283 Å². The number of methoxy groups -OCH3 is 2. The van der Waals surface area contributed by atoms with Crippen molar-refractivity contribution in [2.45, 2.75) is 88.1 Å². The van der Waals surface area contributed by atoms with Gasteiger partial charge in [0.25, 0.3) is 0 Å².